The molecule has 0 unspecified atom stereocenters. The Labute approximate surface area is 282 Å². The van der Waals surface area contributed by atoms with Crippen molar-refractivity contribution in [2.24, 2.45) is 5.11 Å². The van der Waals surface area contributed by atoms with E-state index in [1.165, 1.54) is 46.7 Å². The Bertz CT molecular complexity index is 1500. The van der Waals surface area contributed by atoms with Gasteiger partial charge in [0.1, 0.15) is 0 Å². The van der Waals surface area contributed by atoms with E-state index < -0.39 is 13.3 Å². The number of unbranched alkanes of at least 4 members (excludes halogenated alkanes) is 1. The molecule has 0 saturated carbocycles. The predicted octanol–water partition coefficient (Wildman–Crippen LogP) is 4.30. The summed E-state index contributed by atoms with van der Waals surface area (Å²) in [5.74, 6) is 6.48. The van der Waals surface area contributed by atoms with E-state index in [-0.39, 0.29) is 0 Å². The van der Waals surface area contributed by atoms with Crippen molar-refractivity contribution in [3.8, 4) is 0 Å². The molecule has 2 fully saturated rings. The Hall–Kier alpha value is -3.15. The van der Waals surface area contributed by atoms with Crippen molar-refractivity contribution in [1.29, 1.82) is 0 Å². The average Bonchev–Trinajstić information content (AvgIpc) is 3.41. The fraction of sp³-hybridized carbons (Fsp3) is 0.556. The van der Waals surface area contributed by atoms with Crippen molar-refractivity contribution in [2.75, 3.05) is 95.3 Å². The van der Waals surface area contributed by atoms with Crippen molar-refractivity contribution >= 4 is 51.4 Å². The Morgan fingerprint density at radius 2 is 1.30 bits per heavy atom. The molecule has 250 valence electrons. The van der Waals surface area contributed by atoms with Crippen LogP contribution in [0.3, 0.4) is 0 Å². The predicted molar refractivity (Wildman–Crippen MR) is 193 cm³/mol. The zero-order valence-electron chi connectivity index (χ0n) is 28.5. The number of benzene rings is 2. The quantitative estimate of drug-likeness (QED) is 0.0613. The standard InChI is InChI=1S/C36H51GeN7O3/c1-4-5-13-43-18-19-44(20-22-46-24-26-47-25-23-45-21-12-39-40-38)36(43)35-31-10-8-29(41-14-6-15-41)27-33(31)37(2,3)34-28-30(9-11-32(34)35)42-16-7-17-42/h8-11,18-19,27-28H,4-7,12-17,20-26H2,1-3H3/q+2. The van der Waals surface area contributed by atoms with Crippen molar-refractivity contribution in [1.82, 2.24) is 0 Å². The first-order valence-electron chi connectivity index (χ1n) is 17.5. The maximum atomic E-state index is 8.33. The van der Waals surface area contributed by atoms with Gasteiger partial charge < -0.3 is 4.74 Å². The minimum atomic E-state index is -2.65. The van der Waals surface area contributed by atoms with Crippen LogP contribution in [0.15, 0.2) is 47.3 Å². The monoisotopic (exact) mass is 703 g/mol. The van der Waals surface area contributed by atoms with E-state index in [4.69, 9.17) is 19.7 Å². The maximum absolute atomic E-state index is 8.33. The van der Waals surface area contributed by atoms with Crippen molar-refractivity contribution in [3.63, 3.8) is 0 Å². The third-order valence-corrected chi connectivity index (χ3v) is 17.3. The summed E-state index contributed by atoms with van der Waals surface area (Å²) in [7, 11) is 0. The summed E-state index contributed by atoms with van der Waals surface area (Å²) in [5.41, 5.74) is 15.3. The molecule has 0 aliphatic carbocycles. The molecule has 4 aliphatic heterocycles. The summed E-state index contributed by atoms with van der Waals surface area (Å²) in [6.45, 7) is 12.1. The van der Waals surface area contributed by atoms with E-state index in [9.17, 15) is 0 Å². The molecule has 2 aromatic carbocycles. The molecule has 4 aliphatic rings. The molecule has 0 N–H and O–H groups in total. The number of fused-ring (bicyclic) bond motifs is 2. The van der Waals surface area contributed by atoms with Crippen LogP contribution in [0.25, 0.3) is 16.0 Å². The summed E-state index contributed by atoms with van der Waals surface area (Å²) < 4.78 is 25.2. The molecule has 2 saturated heterocycles. The molecule has 10 nitrogen and oxygen atoms in total. The van der Waals surface area contributed by atoms with Gasteiger partial charge in [0.2, 0.25) is 0 Å². The fourth-order valence-corrected chi connectivity index (χ4v) is 13.3. The fourth-order valence-electron chi connectivity index (χ4n) is 6.91. The van der Waals surface area contributed by atoms with Crippen LogP contribution < -0.4 is 18.6 Å². The summed E-state index contributed by atoms with van der Waals surface area (Å²) >= 11 is -2.65. The van der Waals surface area contributed by atoms with Crippen LogP contribution in [0.2, 0.25) is 11.5 Å². The Morgan fingerprint density at radius 1 is 0.766 bits per heavy atom. The molecule has 0 amide bonds. The Kier molecular flexibility index (Phi) is 11.4. The molecule has 0 aromatic heterocycles. The van der Waals surface area contributed by atoms with Crippen LogP contribution in [-0.4, -0.2) is 120 Å². The number of rotatable bonds is 17. The summed E-state index contributed by atoms with van der Waals surface area (Å²) in [6, 6.07) is 14.7. The van der Waals surface area contributed by atoms with E-state index in [2.05, 4.69) is 96.2 Å². The van der Waals surface area contributed by atoms with Crippen molar-refractivity contribution in [3.05, 3.63) is 63.8 Å². The van der Waals surface area contributed by atoms with Gasteiger partial charge in [-0.05, 0) is 5.53 Å². The van der Waals surface area contributed by atoms with Crippen molar-refractivity contribution in [2.45, 2.75) is 44.1 Å². The average molecular weight is 702 g/mol. The number of anilines is 2. The van der Waals surface area contributed by atoms with E-state index in [1.54, 1.807) is 8.79 Å². The molecule has 11 heteroatoms. The van der Waals surface area contributed by atoms with E-state index in [0.717, 1.165) is 52.1 Å². The zero-order chi connectivity index (χ0) is 32.6. The molecule has 47 heavy (non-hydrogen) atoms. The van der Waals surface area contributed by atoms with E-state index in [0.29, 0.717) is 46.2 Å². The number of hydrogen-bond acceptors (Lipinski definition) is 6. The molecule has 0 bridgehead atoms. The topological polar surface area (TPSA) is 88.9 Å². The van der Waals surface area contributed by atoms with Gasteiger partial charge in [-0.3, -0.25) is 0 Å². The molecule has 2 aromatic rings. The van der Waals surface area contributed by atoms with Crippen LogP contribution in [0.5, 0.6) is 0 Å². The number of azide groups is 1. The van der Waals surface area contributed by atoms with Gasteiger partial charge in [-0.25, -0.2) is 0 Å². The van der Waals surface area contributed by atoms with Gasteiger partial charge in [0, 0.05) is 11.5 Å². The third-order valence-electron chi connectivity index (χ3n) is 9.90. The Morgan fingerprint density at radius 3 is 1.81 bits per heavy atom. The number of nitrogens with zero attached hydrogens (tertiary/aromatic N) is 7. The SMILES string of the molecule is CCCC[N+]1=CC=[N+](CCOCCOCCOCCN=[N+]=[N-])C1=C1c2ccc(N3CCC3)c[c]2[Ge]([CH3])([CH3])[c]2cc(N3CCC3)ccc21. The minimum absolute atomic E-state index is 0.343. The van der Waals surface area contributed by atoms with Gasteiger partial charge in [0.15, 0.2) is 0 Å². The van der Waals surface area contributed by atoms with Crippen LogP contribution in [0, 0.1) is 0 Å². The van der Waals surface area contributed by atoms with Crippen LogP contribution in [0.1, 0.15) is 43.7 Å². The first-order valence-corrected chi connectivity index (χ1v) is 23.8. The van der Waals surface area contributed by atoms with Gasteiger partial charge in [-0.2, -0.15) is 0 Å². The Balaban J connectivity index is 1.25. The molecule has 6 rings (SSSR count). The van der Waals surface area contributed by atoms with Gasteiger partial charge in [0.05, 0.1) is 13.2 Å². The second-order valence-corrected chi connectivity index (χ2v) is 22.4. The molecule has 0 radical (unpaired) electrons. The zero-order valence-corrected chi connectivity index (χ0v) is 30.6. The van der Waals surface area contributed by atoms with Gasteiger partial charge in [-0.1, -0.05) is 5.11 Å². The summed E-state index contributed by atoms with van der Waals surface area (Å²) in [4.78, 5) is 7.80. The van der Waals surface area contributed by atoms with E-state index >= 15 is 0 Å². The van der Waals surface area contributed by atoms with Crippen LogP contribution in [-0.2, 0) is 14.2 Å². The third kappa shape index (κ3) is 7.47. The van der Waals surface area contributed by atoms with Crippen LogP contribution >= 0.6 is 0 Å². The first-order chi connectivity index (χ1) is 23.0. The van der Waals surface area contributed by atoms with Gasteiger partial charge >= 0.3 is 243 Å². The van der Waals surface area contributed by atoms with Crippen LogP contribution in [0.4, 0.5) is 11.4 Å². The second-order valence-electron chi connectivity index (χ2n) is 13.3. The van der Waals surface area contributed by atoms with Crippen molar-refractivity contribution < 1.29 is 23.4 Å². The molecular formula is C36H51GeN7O3+2. The summed E-state index contributed by atoms with van der Waals surface area (Å²) in [5, 5.41) is 3.46. The van der Waals surface area contributed by atoms with Gasteiger partial charge in [0.25, 0.3) is 0 Å². The molecule has 4 heterocycles. The molecule has 0 atom stereocenters. The normalized spacial score (nSPS) is 17.8. The van der Waals surface area contributed by atoms with E-state index in [1.807, 2.05) is 0 Å². The molecule has 0 spiro atoms. The van der Waals surface area contributed by atoms with Gasteiger partial charge in [-0.15, -0.1) is 0 Å². The number of ether oxygens (including phenoxy) is 3. The summed E-state index contributed by atoms with van der Waals surface area (Å²) in [6.07, 6.45) is 9.39. The first kappa shape index (κ1) is 33.7. The number of hydrogen-bond donors (Lipinski definition) is 0. The second kappa shape index (κ2) is 15.8. The molecular weight excluding hydrogens is 651 g/mol.